The van der Waals surface area contributed by atoms with E-state index in [1.165, 1.54) is 18.5 Å². The Balaban J connectivity index is 2.90. The van der Waals surface area contributed by atoms with E-state index in [1.54, 1.807) is 6.19 Å². The van der Waals surface area contributed by atoms with E-state index >= 15 is 0 Å². The predicted octanol–water partition coefficient (Wildman–Crippen LogP) is 1.44. The molecule has 0 aromatic carbocycles. The summed E-state index contributed by atoms with van der Waals surface area (Å²) in [7, 11) is 0. The predicted molar refractivity (Wildman–Crippen MR) is 54.3 cm³/mol. The normalized spacial score (nSPS) is 10.8. The second-order valence-corrected chi connectivity index (χ2v) is 2.80. The number of pyridine rings is 1. The van der Waals surface area contributed by atoms with Crippen molar-refractivity contribution in [2.75, 3.05) is 6.61 Å². The van der Waals surface area contributed by atoms with Gasteiger partial charge in [0.1, 0.15) is 5.75 Å². The number of hydrogen-bond acceptors (Lipinski definition) is 5. The fourth-order valence-corrected chi connectivity index (χ4v) is 0.969. The first-order valence-electron chi connectivity index (χ1n) is 4.52. The van der Waals surface area contributed by atoms with Crippen molar-refractivity contribution in [3.8, 4) is 11.9 Å². The van der Waals surface area contributed by atoms with Crippen LogP contribution in [0.4, 0.5) is 0 Å². The highest BCUT2D eigenvalue weighted by Gasteiger charge is 2.06. The van der Waals surface area contributed by atoms with Crippen LogP contribution in [0.2, 0.25) is 0 Å². The summed E-state index contributed by atoms with van der Waals surface area (Å²) in [5.74, 6) is 0.195. The number of nitrogens with zero attached hydrogens (tertiary/aromatic N) is 3. The van der Waals surface area contributed by atoms with E-state index in [0.717, 1.165) is 6.42 Å². The molecule has 0 spiro atoms. The van der Waals surface area contributed by atoms with Crippen molar-refractivity contribution >= 4 is 5.90 Å². The van der Waals surface area contributed by atoms with E-state index in [1.807, 2.05) is 6.92 Å². The summed E-state index contributed by atoms with van der Waals surface area (Å²) in [4.78, 5) is 7.30. The minimum Gasteiger partial charge on any atom is -0.506 e. The van der Waals surface area contributed by atoms with Gasteiger partial charge in [-0.1, -0.05) is 6.92 Å². The lowest BCUT2D eigenvalue weighted by Crippen LogP contribution is -2.07. The molecule has 0 fully saturated rings. The molecule has 0 aliphatic heterocycles. The summed E-state index contributed by atoms with van der Waals surface area (Å²) in [6.07, 6.45) is 5.24. The smallest absolute Gasteiger partial charge is 0.233 e. The van der Waals surface area contributed by atoms with Crippen molar-refractivity contribution in [1.82, 2.24) is 4.98 Å². The van der Waals surface area contributed by atoms with Gasteiger partial charge in [0.25, 0.3) is 0 Å². The van der Waals surface area contributed by atoms with Gasteiger partial charge in [-0.05, 0) is 12.5 Å². The van der Waals surface area contributed by atoms with Crippen molar-refractivity contribution in [1.29, 1.82) is 5.26 Å². The molecular weight excluding hydrogens is 194 g/mol. The van der Waals surface area contributed by atoms with Gasteiger partial charge in [-0.2, -0.15) is 5.26 Å². The molecular formula is C10H11N3O2. The molecule has 0 atom stereocenters. The van der Waals surface area contributed by atoms with Crippen molar-refractivity contribution in [3.63, 3.8) is 0 Å². The van der Waals surface area contributed by atoms with E-state index in [4.69, 9.17) is 10.00 Å². The van der Waals surface area contributed by atoms with Crippen LogP contribution in [0.15, 0.2) is 23.5 Å². The second-order valence-electron chi connectivity index (χ2n) is 2.80. The fourth-order valence-electron chi connectivity index (χ4n) is 0.969. The van der Waals surface area contributed by atoms with Crippen LogP contribution in [-0.2, 0) is 4.74 Å². The molecule has 1 rings (SSSR count). The van der Waals surface area contributed by atoms with Crippen LogP contribution in [-0.4, -0.2) is 22.6 Å². The molecule has 0 aliphatic rings. The van der Waals surface area contributed by atoms with Crippen LogP contribution >= 0.6 is 0 Å². The van der Waals surface area contributed by atoms with Gasteiger partial charge in [-0.25, -0.2) is 0 Å². The molecule has 5 nitrogen and oxygen atoms in total. The molecule has 0 bridgehead atoms. The Morgan fingerprint density at radius 2 is 2.47 bits per heavy atom. The van der Waals surface area contributed by atoms with Crippen molar-refractivity contribution < 1.29 is 9.84 Å². The number of aliphatic imine (C=N–C) groups is 1. The first-order chi connectivity index (χ1) is 7.27. The maximum absolute atomic E-state index is 9.20. The van der Waals surface area contributed by atoms with E-state index in [2.05, 4.69) is 9.98 Å². The van der Waals surface area contributed by atoms with Crippen molar-refractivity contribution in [2.24, 2.45) is 4.99 Å². The van der Waals surface area contributed by atoms with E-state index < -0.39 is 0 Å². The van der Waals surface area contributed by atoms with E-state index in [0.29, 0.717) is 12.2 Å². The molecule has 1 aromatic rings. The number of rotatable bonds is 3. The highest BCUT2D eigenvalue weighted by atomic mass is 16.5. The molecule has 15 heavy (non-hydrogen) atoms. The van der Waals surface area contributed by atoms with Crippen LogP contribution < -0.4 is 0 Å². The summed E-state index contributed by atoms with van der Waals surface area (Å²) < 4.78 is 5.25. The Kier molecular flexibility index (Phi) is 4.10. The van der Waals surface area contributed by atoms with Gasteiger partial charge in [-0.3, -0.25) is 4.98 Å². The SMILES string of the molecule is CCCOC(=NC#N)c1cncc(O)c1. The Bertz CT molecular complexity index is 396. The Hall–Kier alpha value is -2.09. The average molecular weight is 205 g/mol. The van der Waals surface area contributed by atoms with Crippen LogP contribution in [0.5, 0.6) is 5.75 Å². The van der Waals surface area contributed by atoms with Crippen molar-refractivity contribution in [3.05, 3.63) is 24.0 Å². The van der Waals surface area contributed by atoms with Crippen molar-refractivity contribution in [2.45, 2.75) is 13.3 Å². The largest absolute Gasteiger partial charge is 0.506 e. The maximum atomic E-state index is 9.20. The van der Waals surface area contributed by atoms with Gasteiger partial charge in [0.05, 0.1) is 18.4 Å². The molecule has 0 aliphatic carbocycles. The van der Waals surface area contributed by atoms with E-state index in [9.17, 15) is 5.11 Å². The summed E-state index contributed by atoms with van der Waals surface area (Å²) in [5.41, 5.74) is 0.491. The third-order valence-corrected chi connectivity index (χ3v) is 1.57. The first-order valence-corrected chi connectivity index (χ1v) is 4.52. The molecule has 0 radical (unpaired) electrons. The fraction of sp³-hybridized carbons (Fsp3) is 0.300. The lowest BCUT2D eigenvalue weighted by molar-refractivity contribution is 0.305. The number of nitriles is 1. The van der Waals surface area contributed by atoms with Gasteiger partial charge in [-0.15, -0.1) is 4.99 Å². The van der Waals surface area contributed by atoms with Gasteiger partial charge in [0, 0.05) is 6.20 Å². The molecule has 1 N–H and O–H groups in total. The van der Waals surface area contributed by atoms with Gasteiger partial charge in [0.15, 0.2) is 0 Å². The Morgan fingerprint density at radius 3 is 3.07 bits per heavy atom. The standard InChI is InChI=1S/C10H11N3O2/c1-2-3-15-10(13-7-11)8-4-9(14)6-12-5-8/h4-6,14H,2-3H2,1H3. The van der Waals surface area contributed by atoms with Crippen LogP contribution in [0, 0.1) is 11.5 Å². The zero-order valence-corrected chi connectivity index (χ0v) is 8.34. The molecule has 1 aromatic heterocycles. The number of aromatic nitrogens is 1. The first kappa shape index (κ1) is 11.0. The van der Waals surface area contributed by atoms with E-state index in [-0.39, 0.29) is 11.6 Å². The molecule has 0 saturated carbocycles. The van der Waals surface area contributed by atoms with Gasteiger partial charge < -0.3 is 9.84 Å². The summed E-state index contributed by atoms with van der Waals surface area (Å²) in [6.45, 7) is 2.42. The quantitative estimate of drug-likeness (QED) is 0.460. The summed E-state index contributed by atoms with van der Waals surface area (Å²) in [5, 5.41) is 17.7. The molecule has 1 heterocycles. The third-order valence-electron chi connectivity index (χ3n) is 1.57. The van der Waals surface area contributed by atoms with Crippen LogP contribution in [0.3, 0.4) is 0 Å². The summed E-state index contributed by atoms with van der Waals surface area (Å²) >= 11 is 0. The molecule has 0 saturated heterocycles. The van der Waals surface area contributed by atoms with Gasteiger partial charge in [0.2, 0.25) is 12.1 Å². The second kappa shape index (κ2) is 5.60. The van der Waals surface area contributed by atoms with Crippen LogP contribution in [0.25, 0.3) is 0 Å². The minimum atomic E-state index is 0.0123. The maximum Gasteiger partial charge on any atom is 0.233 e. The highest BCUT2D eigenvalue weighted by Crippen LogP contribution is 2.10. The zero-order valence-electron chi connectivity index (χ0n) is 8.34. The number of aromatic hydroxyl groups is 1. The molecule has 0 amide bonds. The summed E-state index contributed by atoms with van der Waals surface area (Å²) in [6, 6.07) is 1.44. The average Bonchev–Trinajstić information content (AvgIpc) is 2.24. The topological polar surface area (TPSA) is 78.5 Å². The minimum absolute atomic E-state index is 0.0123. The third kappa shape index (κ3) is 3.27. The number of ether oxygens (including phenoxy) is 1. The lowest BCUT2D eigenvalue weighted by Gasteiger charge is -2.06. The van der Waals surface area contributed by atoms with Gasteiger partial charge >= 0.3 is 0 Å². The highest BCUT2D eigenvalue weighted by molar-refractivity contribution is 5.94. The number of hydrogen-bond donors (Lipinski definition) is 1. The molecule has 78 valence electrons. The molecule has 5 heteroatoms. The van der Waals surface area contributed by atoms with Crippen LogP contribution in [0.1, 0.15) is 18.9 Å². The zero-order chi connectivity index (χ0) is 11.1. The molecule has 0 unspecified atom stereocenters. The Morgan fingerprint density at radius 1 is 1.67 bits per heavy atom. The lowest BCUT2D eigenvalue weighted by atomic mass is 10.3. The monoisotopic (exact) mass is 205 g/mol. The Labute approximate surface area is 87.7 Å².